The molecule has 0 radical (unpaired) electrons. The average Bonchev–Trinajstić information content (AvgIpc) is 2.58. The number of halogens is 1. The molecule has 0 aliphatic rings. The lowest BCUT2D eigenvalue weighted by molar-refractivity contribution is 0.274. The molecule has 3 heterocycles. The van der Waals surface area contributed by atoms with Crippen LogP contribution in [0, 0.1) is 5.82 Å². The summed E-state index contributed by atoms with van der Waals surface area (Å²) in [4.78, 5) is 21.3. The zero-order chi connectivity index (χ0) is 19.6. The van der Waals surface area contributed by atoms with Crippen LogP contribution in [0.5, 0.6) is 0 Å². The molecule has 0 unspecified atom stereocenters. The van der Waals surface area contributed by atoms with Gasteiger partial charge >= 0.3 is 0 Å². The molecule has 0 amide bonds. The van der Waals surface area contributed by atoms with E-state index < -0.39 is 5.82 Å². The number of aromatic nitrogens is 3. The molecule has 3 aromatic rings. The molecule has 3 N–H and O–H groups in total. The molecule has 0 aliphatic heterocycles. The van der Waals surface area contributed by atoms with Gasteiger partial charge in [-0.25, -0.2) is 14.4 Å². The zero-order valence-electron chi connectivity index (χ0n) is 15.5. The highest BCUT2D eigenvalue weighted by Crippen LogP contribution is 2.26. The number of pyridine rings is 3. The van der Waals surface area contributed by atoms with Gasteiger partial charge < -0.3 is 20.3 Å². The van der Waals surface area contributed by atoms with Gasteiger partial charge in [-0.3, -0.25) is 4.79 Å². The number of aliphatic hydroxyl groups is 1. The summed E-state index contributed by atoms with van der Waals surface area (Å²) < 4.78 is 14.5. The SMILES string of the molecule is CC(C)(C)Nc1nc(Nc2ccc(F)cn2)cc2ccn(CCO)c(=O)c12. The molecule has 0 fully saturated rings. The highest BCUT2D eigenvalue weighted by molar-refractivity contribution is 5.93. The molecule has 0 atom stereocenters. The lowest BCUT2D eigenvalue weighted by atomic mass is 10.1. The van der Waals surface area contributed by atoms with Crippen LogP contribution in [-0.2, 0) is 6.54 Å². The van der Waals surface area contributed by atoms with Crippen LogP contribution in [0.4, 0.5) is 21.8 Å². The Kier molecular flexibility index (Phi) is 5.09. The summed E-state index contributed by atoms with van der Waals surface area (Å²) in [5.41, 5.74) is -0.552. The number of hydrogen-bond acceptors (Lipinski definition) is 6. The Balaban J connectivity index is 2.12. The average molecular weight is 371 g/mol. The summed E-state index contributed by atoms with van der Waals surface area (Å²) in [6.45, 7) is 5.99. The van der Waals surface area contributed by atoms with Crippen LogP contribution in [0.15, 0.2) is 41.5 Å². The topological polar surface area (TPSA) is 92.1 Å². The smallest absolute Gasteiger partial charge is 0.262 e. The third-order valence-electron chi connectivity index (χ3n) is 3.78. The molecular formula is C19H22FN5O2. The first-order chi connectivity index (χ1) is 12.8. The zero-order valence-corrected chi connectivity index (χ0v) is 15.5. The van der Waals surface area contributed by atoms with E-state index in [2.05, 4.69) is 20.6 Å². The monoisotopic (exact) mass is 371 g/mol. The molecule has 8 heteroatoms. The van der Waals surface area contributed by atoms with Crippen molar-refractivity contribution >= 4 is 28.2 Å². The van der Waals surface area contributed by atoms with E-state index >= 15 is 0 Å². The molecule has 3 rings (SSSR count). The quantitative estimate of drug-likeness (QED) is 0.639. The lowest BCUT2D eigenvalue weighted by Gasteiger charge is -2.23. The van der Waals surface area contributed by atoms with Crippen LogP contribution in [0.1, 0.15) is 20.8 Å². The largest absolute Gasteiger partial charge is 0.395 e. The van der Waals surface area contributed by atoms with Crippen LogP contribution in [-0.4, -0.2) is 31.8 Å². The molecular weight excluding hydrogens is 349 g/mol. The first-order valence-electron chi connectivity index (χ1n) is 8.59. The number of rotatable bonds is 5. The summed E-state index contributed by atoms with van der Waals surface area (Å²) in [6, 6.07) is 6.35. The number of nitrogens with zero attached hydrogens (tertiary/aromatic N) is 3. The fraction of sp³-hybridized carbons (Fsp3) is 0.316. The Bertz CT molecular complexity index is 1010. The second kappa shape index (κ2) is 7.32. The van der Waals surface area contributed by atoms with E-state index in [9.17, 15) is 9.18 Å². The lowest BCUT2D eigenvalue weighted by Crippen LogP contribution is -2.29. The minimum Gasteiger partial charge on any atom is -0.395 e. The van der Waals surface area contributed by atoms with Gasteiger partial charge in [0.05, 0.1) is 18.2 Å². The number of fused-ring (bicyclic) bond motifs is 1. The van der Waals surface area contributed by atoms with E-state index in [0.29, 0.717) is 28.2 Å². The molecule has 0 spiro atoms. The van der Waals surface area contributed by atoms with E-state index in [4.69, 9.17) is 5.11 Å². The Morgan fingerprint density at radius 2 is 2.00 bits per heavy atom. The van der Waals surface area contributed by atoms with E-state index in [1.54, 1.807) is 18.3 Å². The van der Waals surface area contributed by atoms with Gasteiger partial charge in [0.15, 0.2) is 0 Å². The summed E-state index contributed by atoms with van der Waals surface area (Å²) in [7, 11) is 0. The maximum Gasteiger partial charge on any atom is 0.262 e. The fourth-order valence-electron chi connectivity index (χ4n) is 2.68. The normalized spacial score (nSPS) is 11.6. The molecule has 27 heavy (non-hydrogen) atoms. The number of nitrogens with one attached hydrogen (secondary N) is 2. The van der Waals surface area contributed by atoms with Crippen molar-refractivity contribution < 1.29 is 9.50 Å². The van der Waals surface area contributed by atoms with Crippen molar-refractivity contribution in [2.75, 3.05) is 17.2 Å². The van der Waals surface area contributed by atoms with Crippen molar-refractivity contribution in [3.05, 3.63) is 52.8 Å². The minimum atomic E-state index is -0.424. The summed E-state index contributed by atoms with van der Waals surface area (Å²) in [6.07, 6.45) is 2.76. The Morgan fingerprint density at radius 3 is 2.63 bits per heavy atom. The Labute approximate surface area is 155 Å². The van der Waals surface area contributed by atoms with Crippen LogP contribution < -0.4 is 16.2 Å². The van der Waals surface area contributed by atoms with Gasteiger partial charge in [0.1, 0.15) is 23.3 Å². The van der Waals surface area contributed by atoms with Crippen LogP contribution in [0.3, 0.4) is 0 Å². The van der Waals surface area contributed by atoms with E-state index in [0.717, 1.165) is 6.20 Å². The number of anilines is 3. The van der Waals surface area contributed by atoms with E-state index in [1.807, 2.05) is 20.8 Å². The summed E-state index contributed by atoms with van der Waals surface area (Å²) >= 11 is 0. The van der Waals surface area contributed by atoms with Crippen LogP contribution in [0.2, 0.25) is 0 Å². The van der Waals surface area contributed by atoms with Crippen molar-refractivity contribution in [1.82, 2.24) is 14.5 Å². The van der Waals surface area contributed by atoms with E-state index in [-0.39, 0.29) is 24.2 Å². The summed E-state index contributed by atoms with van der Waals surface area (Å²) in [5.74, 6) is 0.930. The van der Waals surface area contributed by atoms with E-state index in [1.165, 1.54) is 16.7 Å². The first-order valence-corrected chi connectivity index (χ1v) is 8.59. The van der Waals surface area contributed by atoms with Crippen molar-refractivity contribution in [2.24, 2.45) is 0 Å². The van der Waals surface area contributed by atoms with Crippen LogP contribution in [0.25, 0.3) is 10.8 Å². The molecule has 0 aliphatic carbocycles. The molecule has 0 saturated heterocycles. The highest BCUT2D eigenvalue weighted by Gasteiger charge is 2.17. The third kappa shape index (κ3) is 4.40. The predicted octanol–water partition coefficient (Wildman–Crippen LogP) is 2.88. The number of hydrogen-bond donors (Lipinski definition) is 3. The Hall–Kier alpha value is -3.00. The van der Waals surface area contributed by atoms with Gasteiger partial charge in [-0.1, -0.05) is 0 Å². The van der Waals surface area contributed by atoms with Gasteiger partial charge in [-0.2, -0.15) is 0 Å². The maximum absolute atomic E-state index is 13.1. The second-order valence-corrected chi connectivity index (χ2v) is 7.22. The van der Waals surface area contributed by atoms with Crippen molar-refractivity contribution in [3.8, 4) is 0 Å². The molecule has 0 saturated carbocycles. The second-order valence-electron chi connectivity index (χ2n) is 7.22. The molecule has 0 bridgehead atoms. The van der Waals surface area contributed by atoms with Crippen molar-refractivity contribution in [1.29, 1.82) is 0 Å². The van der Waals surface area contributed by atoms with Gasteiger partial charge in [0, 0.05) is 18.3 Å². The molecule has 142 valence electrons. The minimum absolute atomic E-state index is 0.128. The van der Waals surface area contributed by atoms with Crippen LogP contribution >= 0.6 is 0 Å². The van der Waals surface area contributed by atoms with Gasteiger partial charge in [-0.15, -0.1) is 0 Å². The fourth-order valence-corrected chi connectivity index (χ4v) is 2.68. The molecule has 7 nitrogen and oxygen atoms in total. The summed E-state index contributed by atoms with van der Waals surface area (Å²) in [5, 5.41) is 16.6. The van der Waals surface area contributed by atoms with Gasteiger partial charge in [-0.05, 0) is 50.4 Å². The third-order valence-corrected chi connectivity index (χ3v) is 3.78. The standard InChI is InChI=1S/C19H22FN5O2/c1-19(2,3)24-17-16-12(6-7-25(8-9-26)18(16)27)10-15(23-17)22-14-5-4-13(20)11-21-14/h4-7,10-11,26H,8-9H2,1-3H3,(H2,21,22,23,24). The van der Waals surface area contributed by atoms with Crippen molar-refractivity contribution in [2.45, 2.75) is 32.9 Å². The molecule has 3 aromatic heterocycles. The van der Waals surface area contributed by atoms with Gasteiger partial charge in [0.25, 0.3) is 5.56 Å². The highest BCUT2D eigenvalue weighted by atomic mass is 19.1. The predicted molar refractivity (Wildman–Crippen MR) is 104 cm³/mol. The molecule has 0 aromatic carbocycles. The number of aliphatic hydroxyl groups excluding tert-OH is 1. The van der Waals surface area contributed by atoms with Gasteiger partial charge in [0.2, 0.25) is 0 Å². The first kappa shape index (κ1) is 18.8. The van der Waals surface area contributed by atoms with Crippen molar-refractivity contribution in [3.63, 3.8) is 0 Å². The maximum atomic E-state index is 13.1. The Morgan fingerprint density at radius 1 is 1.22 bits per heavy atom.